The van der Waals surface area contributed by atoms with Gasteiger partial charge in [0.05, 0.1) is 5.69 Å². The highest BCUT2D eigenvalue weighted by molar-refractivity contribution is 5.76. The van der Waals surface area contributed by atoms with Crippen LogP contribution < -0.4 is 15.8 Å². The zero-order valence-corrected chi connectivity index (χ0v) is 14.5. The number of carbonyl (C=O) groups is 1. The first-order chi connectivity index (χ1) is 11.6. The molecule has 0 bridgehead atoms. The van der Waals surface area contributed by atoms with E-state index in [2.05, 4.69) is 24.4 Å². The Morgan fingerprint density at radius 2 is 2.00 bits per heavy atom. The second-order valence-electron chi connectivity index (χ2n) is 6.00. The number of hydrogen-bond donors (Lipinski definition) is 2. The summed E-state index contributed by atoms with van der Waals surface area (Å²) >= 11 is 0. The quantitative estimate of drug-likeness (QED) is 0.728. The van der Waals surface area contributed by atoms with Crippen molar-refractivity contribution in [2.24, 2.45) is 0 Å². The van der Waals surface area contributed by atoms with Crippen LogP contribution in [0.25, 0.3) is 0 Å². The maximum absolute atomic E-state index is 11.6. The number of aryl methyl sites for hydroxylation is 2. The van der Waals surface area contributed by atoms with Crippen molar-refractivity contribution in [2.45, 2.75) is 39.7 Å². The van der Waals surface area contributed by atoms with E-state index in [0.717, 1.165) is 24.1 Å². The van der Waals surface area contributed by atoms with Gasteiger partial charge >= 0.3 is 0 Å². The Hall–Kier alpha value is -2.49. The largest absolute Gasteiger partial charge is 0.487 e. The molecule has 0 saturated carbocycles. The number of amides is 1. The Morgan fingerprint density at radius 3 is 2.71 bits per heavy atom. The molecular formula is C20H26N2O2. The molecule has 0 atom stereocenters. The molecule has 4 heteroatoms. The fourth-order valence-corrected chi connectivity index (χ4v) is 2.46. The van der Waals surface area contributed by atoms with Crippen molar-refractivity contribution < 1.29 is 9.53 Å². The van der Waals surface area contributed by atoms with E-state index in [-0.39, 0.29) is 5.91 Å². The number of carbonyl (C=O) groups excluding carboxylic acids is 1. The smallest absolute Gasteiger partial charge is 0.220 e. The lowest BCUT2D eigenvalue weighted by molar-refractivity contribution is -0.121. The zero-order valence-electron chi connectivity index (χ0n) is 14.5. The molecule has 0 spiro atoms. The van der Waals surface area contributed by atoms with Crippen molar-refractivity contribution in [3.8, 4) is 5.75 Å². The monoisotopic (exact) mass is 326 g/mol. The third-order valence-corrected chi connectivity index (χ3v) is 3.76. The third-order valence-electron chi connectivity index (χ3n) is 3.76. The molecule has 0 unspecified atom stereocenters. The summed E-state index contributed by atoms with van der Waals surface area (Å²) in [6, 6.07) is 13.9. The van der Waals surface area contributed by atoms with Gasteiger partial charge in [-0.2, -0.15) is 0 Å². The SMILES string of the molecule is CCCNC(=O)CCc1ccc(OCc2cccc(C)c2)c(N)c1. The van der Waals surface area contributed by atoms with Crippen molar-refractivity contribution >= 4 is 11.6 Å². The molecular weight excluding hydrogens is 300 g/mol. The minimum atomic E-state index is 0.0789. The first-order valence-electron chi connectivity index (χ1n) is 8.42. The van der Waals surface area contributed by atoms with Gasteiger partial charge in [0, 0.05) is 13.0 Å². The lowest BCUT2D eigenvalue weighted by Gasteiger charge is -2.11. The van der Waals surface area contributed by atoms with E-state index >= 15 is 0 Å². The van der Waals surface area contributed by atoms with E-state index < -0.39 is 0 Å². The number of hydrogen-bond acceptors (Lipinski definition) is 3. The normalized spacial score (nSPS) is 10.4. The van der Waals surface area contributed by atoms with Crippen molar-refractivity contribution in [1.82, 2.24) is 5.32 Å². The number of ether oxygens (including phenoxy) is 1. The van der Waals surface area contributed by atoms with Gasteiger partial charge in [-0.05, 0) is 43.0 Å². The molecule has 2 rings (SSSR count). The molecule has 2 aromatic rings. The fraction of sp³-hybridized carbons (Fsp3) is 0.350. The molecule has 128 valence electrons. The van der Waals surface area contributed by atoms with Crippen LogP contribution in [0.15, 0.2) is 42.5 Å². The first-order valence-corrected chi connectivity index (χ1v) is 8.42. The average molecular weight is 326 g/mol. The van der Waals surface area contributed by atoms with Crippen molar-refractivity contribution in [3.05, 3.63) is 59.2 Å². The second-order valence-corrected chi connectivity index (χ2v) is 6.00. The van der Waals surface area contributed by atoms with E-state index in [1.165, 1.54) is 5.56 Å². The van der Waals surface area contributed by atoms with Gasteiger partial charge in [-0.25, -0.2) is 0 Å². The number of benzene rings is 2. The summed E-state index contributed by atoms with van der Waals surface area (Å²) in [6.07, 6.45) is 2.10. The van der Waals surface area contributed by atoms with Gasteiger partial charge in [0.1, 0.15) is 12.4 Å². The Kier molecular flexibility index (Phi) is 6.67. The Morgan fingerprint density at radius 1 is 1.17 bits per heavy atom. The van der Waals surface area contributed by atoms with Crippen LogP contribution in [-0.2, 0) is 17.8 Å². The summed E-state index contributed by atoms with van der Waals surface area (Å²) in [4.78, 5) is 11.6. The molecule has 0 heterocycles. The zero-order chi connectivity index (χ0) is 17.4. The summed E-state index contributed by atoms with van der Waals surface area (Å²) in [7, 11) is 0. The van der Waals surface area contributed by atoms with Crippen LogP contribution in [0.2, 0.25) is 0 Å². The summed E-state index contributed by atoms with van der Waals surface area (Å²) in [6.45, 7) is 5.32. The second kappa shape index (κ2) is 8.96. The summed E-state index contributed by atoms with van der Waals surface area (Å²) < 4.78 is 5.81. The molecule has 3 N–H and O–H groups in total. The molecule has 1 amide bonds. The lowest BCUT2D eigenvalue weighted by Crippen LogP contribution is -2.24. The number of rotatable bonds is 8. The molecule has 2 aromatic carbocycles. The molecule has 0 aromatic heterocycles. The van der Waals surface area contributed by atoms with Crippen molar-refractivity contribution in [1.29, 1.82) is 0 Å². The minimum absolute atomic E-state index is 0.0789. The third kappa shape index (κ3) is 5.61. The Labute approximate surface area is 144 Å². The molecule has 0 aliphatic carbocycles. The Balaban J connectivity index is 1.88. The van der Waals surface area contributed by atoms with Gasteiger partial charge < -0.3 is 15.8 Å². The standard InChI is InChI=1S/C20H26N2O2/c1-3-11-22-20(23)10-8-16-7-9-19(18(21)13-16)24-14-17-6-4-5-15(2)12-17/h4-7,9,12-13H,3,8,10-11,14,21H2,1-2H3,(H,22,23). The number of nitrogen functional groups attached to an aromatic ring is 1. The first kappa shape index (κ1) is 17.9. The van der Waals surface area contributed by atoms with Crippen molar-refractivity contribution in [3.63, 3.8) is 0 Å². The maximum Gasteiger partial charge on any atom is 0.220 e. The number of nitrogens with two attached hydrogens (primary N) is 1. The highest BCUT2D eigenvalue weighted by Gasteiger charge is 2.06. The molecule has 0 saturated heterocycles. The Bertz CT molecular complexity index is 683. The van der Waals surface area contributed by atoms with Crippen LogP contribution in [0, 0.1) is 6.92 Å². The minimum Gasteiger partial charge on any atom is -0.487 e. The number of nitrogens with one attached hydrogen (secondary N) is 1. The topological polar surface area (TPSA) is 64.3 Å². The van der Waals surface area contributed by atoms with E-state index in [1.807, 2.05) is 37.3 Å². The lowest BCUT2D eigenvalue weighted by atomic mass is 10.1. The molecule has 24 heavy (non-hydrogen) atoms. The fourth-order valence-electron chi connectivity index (χ4n) is 2.46. The van der Waals surface area contributed by atoms with Gasteiger partial charge in [-0.1, -0.05) is 42.8 Å². The average Bonchev–Trinajstić information content (AvgIpc) is 2.57. The number of anilines is 1. The van der Waals surface area contributed by atoms with Gasteiger partial charge in [0.2, 0.25) is 5.91 Å². The van der Waals surface area contributed by atoms with E-state index in [4.69, 9.17) is 10.5 Å². The summed E-state index contributed by atoms with van der Waals surface area (Å²) in [5.74, 6) is 0.755. The summed E-state index contributed by atoms with van der Waals surface area (Å²) in [5.41, 5.74) is 10.1. The van der Waals surface area contributed by atoms with E-state index in [0.29, 0.717) is 30.9 Å². The van der Waals surface area contributed by atoms with Crippen LogP contribution in [-0.4, -0.2) is 12.5 Å². The highest BCUT2D eigenvalue weighted by atomic mass is 16.5. The van der Waals surface area contributed by atoms with Gasteiger partial charge in [0.25, 0.3) is 0 Å². The molecule has 4 nitrogen and oxygen atoms in total. The maximum atomic E-state index is 11.6. The van der Waals surface area contributed by atoms with Crippen LogP contribution in [0.4, 0.5) is 5.69 Å². The van der Waals surface area contributed by atoms with Crippen molar-refractivity contribution in [2.75, 3.05) is 12.3 Å². The molecule has 0 radical (unpaired) electrons. The van der Waals surface area contributed by atoms with Crippen LogP contribution in [0.3, 0.4) is 0 Å². The van der Waals surface area contributed by atoms with Crippen LogP contribution >= 0.6 is 0 Å². The molecule has 0 aliphatic heterocycles. The predicted molar refractivity (Wildman–Crippen MR) is 98.0 cm³/mol. The van der Waals surface area contributed by atoms with E-state index in [1.54, 1.807) is 0 Å². The van der Waals surface area contributed by atoms with Gasteiger partial charge in [-0.3, -0.25) is 4.79 Å². The van der Waals surface area contributed by atoms with Crippen LogP contribution in [0.5, 0.6) is 5.75 Å². The summed E-state index contributed by atoms with van der Waals surface area (Å²) in [5, 5.41) is 2.88. The predicted octanol–water partition coefficient (Wildman–Crippen LogP) is 3.62. The van der Waals surface area contributed by atoms with Gasteiger partial charge in [-0.15, -0.1) is 0 Å². The van der Waals surface area contributed by atoms with Gasteiger partial charge in [0.15, 0.2) is 0 Å². The molecule has 0 aliphatic rings. The van der Waals surface area contributed by atoms with Crippen LogP contribution in [0.1, 0.15) is 36.5 Å². The highest BCUT2D eigenvalue weighted by Crippen LogP contribution is 2.24. The molecule has 0 fully saturated rings. The van der Waals surface area contributed by atoms with E-state index in [9.17, 15) is 4.79 Å².